The van der Waals surface area contributed by atoms with Gasteiger partial charge >= 0.3 is 5.97 Å². The van der Waals surface area contributed by atoms with Gasteiger partial charge in [-0.2, -0.15) is 0 Å². The van der Waals surface area contributed by atoms with Crippen LogP contribution in [-0.4, -0.2) is 59.9 Å². The maximum Gasteiger partial charge on any atom is 0.306 e. The second-order valence-electron chi connectivity index (χ2n) is 4.96. The molecule has 2 aliphatic heterocycles. The van der Waals surface area contributed by atoms with Crippen LogP contribution in [0.4, 0.5) is 0 Å². The molecule has 0 unspecified atom stereocenters. The molecule has 1 N–H and O–H groups in total. The SMILES string of the molecule is C[C@]12OC[C@@H](O)[C@H]1OC[C@H]2OC(=O)CCCO[N+](=O)[O-]. The van der Waals surface area contributed by atoms with E-state index in [0.717, 1.165) is 0 Å². The summed E-state index contributed by atoms with van der Waals surface area (Å²) in [5.41, 5.74) is -0.841. The Hall–Kier alpha value is -1.45. The Morgan fingerprint density at radius 3 is 3.00 bits per heavy atom. The molecule has 0 amide bonds. The van der Waals surface area contributed by atoms with E-state index in [2.05, 4.69) is 4.84 Å². The average molecular weight is 291 g/mol. The van der Waals surface area contributed by atoms with E-state index >= 15 is 0 Å². The van der Waals surface area contributed by atoms with Gasteiger partial charge in [0.25, 0.3) is 5.09 Å². The van der Waals surface area contributed by atoms with Crippen molar-refractivity contribution in [3.05, 3.63) is 10.1 Å². The van der Waals surface area contributed by atoms with Crippen LogP contribution in [0.1, 0.15) is 19.8 Å². The first-order valence-corrected chi connectivity index (χ1v) is 6.34. The Kier molecular flexibility index (Phi) is 4.41. The molecule has 0 aromatic carbocycles. The van der Waals surface area contributed by atoms with Crippen LogP contribution in [0.15, 0.2) is 0 Å². The third-order valence-corrected chi connectivity index (χ3v) is 3.54. The maximum absolute atomic E-state index is 11.6. The molecule has 0 saturated carbocycles. The highest BCUT2D eigenvalue weighted by Crippen LogP contribution is 2.38. The van der Waals surface area contributed by atoms with Gasteiger partial charge in [-0.1, -0.05) is 0 Å². The molecule has 0 spiro atoms. The Morgan fingerprint density at radius 2 is 2.30 bits per heavy atom. The third kappa shape index (κ3) is 3.00. The van der Waals surface area contributed by atoms with Crippen LogP contribution in [0.2, 0.25) is 0 Å². The van der Waals surface area contributed by atoms with E-state index < -0.39 is 35.0 Å². The molecule has 0 aromatic heterocycles. The van der Waals surface area contributed by atoms with Crippen molar-refractivity contribution in [1.29, 1.82) is 0 Å². The zero-order valence-electron chi connectivity index (χ0n) is 11.0. The maximum atomic E-state index is 11.6. The second-order valence-corrected chi connectivity index (χ2v) is 4.96. The van der Waals surface area contributed by atoms with Gasteiger partial charge in [0.1, 0.15) is 17.8 Å². The van der Waals surface area contributed by atoms with Crippen molar-refractivity contribution >= 4 is 5.97 Å². The minimum atomic E-state index is -0.907. The smallest absolute Gasteiger partial charge is 0.306 e. The summed E-state index contributed by atoms with van der Waals surface area (Å²) in [7, 11) is 0. The van der Waals surface area contributed by atoms with Gasteiger partial charge in [-0.15, -0.1) is 10.1 Å². The first kappa shape index (κ1) is 14.9. The van der Waals surface area contributed by atoms with E-state index in [0.29, 0.717) is 0 Å². The van der Waals surface area contributed by atoms with E-state index in [4.69, 9.17) is 14.2 Å². The van der Waals surface area contributed by atoms with E-state index in [9.17, 15) is 20.0 Å². The number of aliphatic hydroxyl groups is 1. The number of fused-ring (bicyclic) bond motifs is 1. The van der Waals surface area contributed by atoms with Crippen LogP contribution in [0, 0.1) is 10.1 Å². The van der Waals surface area contributed by atoms with E-state index in [1.165, 1.54) is 0 Å². The van der Waals surface area contributed by atoms with Crippen LogP contribution >= 0.6 is 0 Å². The lowest BCUT2D eigenvalue weighted by Gasteiger charge is -2.27. The van der Waals surface area contributed by atoms with E-state index in [-0.39, 0.29) is 32.7 Å². The van der Waals surface area contributed by atoms with Crippen LogP contribution < -0.4 is 0 Å². The molecule has 9 nitrogen and oxygen atoms in total. The molecule has 2 rings (SSSR count). The summed E-state index contributed by atoms with van der Waals surface area (Å²) in [6.45, 7) is 1.88. The van der Waals surface area contributed by atoms with Crippen LogP contribution in [0.5, 0.6) is 0 Å². The minimum absolute atomic E-state index is 0.00758. The summed E-state index contributed by atoms with van der Waals surface area (Å²) in [5.74, 6) is -0.502. The molecule has 2 fully saturated rings. The summed E-state index contributed by atoms with van der Waals surface area (Å²) in [4.78, 5) is 25.7. The van der Waals surface area contributed by atoms with E-state index in [1.54, 1.807) is 6.92 Å². The Morgan fingerprint density at radius 1 is 1.55 bits per heavy atom. The molecule has 2 saturated heterocycles. The molecule has 0 aliphatic carbocycles. The molecular formula is C11H17NO8. The van der Waals surface area contributed by atoms with Crippen molar-refractivity contribution in [1.82, 2.24) is 0 Å². The molecule has 2 aliphatic rings. The quantitative estimate of drug-likeness (QED) is 0.299. The van der Waals surface area contributed by atoms with Crippen LogP contribution in [0.25, 0.3) is 0 Å². The molecule has 0 bridgehead atoms. The first-order chi connectivity index (χ1) is 9.43. The van der Waals surface area contributed by atoms with Crippen molar-refractivity contribution in [2.45, 2.75) is 43.7 Å². The predicted octanol–water partition coefficient (Wildman–Crippen LogP) is -0.565. The Bertz CT molecular complexity index is 389. The monoisotopic (exact) mass is 291 g/mol. The zero-order valence-corrected chi connectivity index (χ0v) is 11.0. The summed E-state index contributed by atoms with van der Waals surface area (Å²) in [6, 6.07) is 0. The van der Waals surface area contributed by atoms with Crippen molar-refractivity contribution in [3.8, 4) is 0 Å². The van der Waals surface area contributed by atoms with Crippen molar-refractivity contribution in [2.24, 2.45) is 0 Å². The normalized spacial score (nSPS) is 35.6. The molecule has 20 heavy (non-hydrogen) atoms. The number of rotatable bonds is 6. The number of carbonyl (C=O) groups excluding carboxylic acids is 1. The Labute approximate surface area is 114 Å². The van der Waals surface area contributed by atoms with Crippen molar-refractivity contribution < 1.29 is 34.0 Å². The van der Waals surface area contributed by atoms with Gasteiger partial charge in [0.15, 0.2) is 6.10 Å². The highest BCUT2D eigenvalue weighted by atomic mass is 16.9. The first-order valence-electron chi connectivity index (χ1n) is 6.34. The van der Waals surface area contributed by atoms with Gasteiger partial charge in [-0.25, -0.2) is 0 Å². The largest absolute Gasteiger partial charge is 0.457 e. The highest BCUT2D eigenvalue weighted by Gasteiger charge is 2.58. The summed E-state index contributed by atoms with van der Waals surface area (Å²) < 4.78 is 16.1. The average Bonchev–Trinajstić information content (AvgIpc) is 2.84. The summed E-state index contributed by atoms with van der Waals surface area (Å²) in [5, 5.41) is 18.7. The predicted molar refractivity (Wildman–Crippen MR) is 62.2 cm³/mol. The second kappa shape index (κ2) is 5.90. The molecule has 0 radical (unpaired) electrons. The van der Waals surface area contributed by atoms with Crippen molar-refractivity contribution in [3.63, 3.8) is 0 Å². The summed E-state index contributed by atoms with van der Waals surface area (Å²) in [6.07, 6.45) is -1.62. The number of esters is 1. The lowest BCUT2D eigenvalue weighted by molar-refractivity contribution is -0.757. The number of aliphatic hydroxyl groups excluding tert-OH is 1. The van der Waals surface area contributed by atoms with Gasteiger partial charge in [0.2, 0.25) is 0 Å². The van der Waals surface area contributed by atoms with Crippen LogP contribution in [0.3, 0.4) is 0 Å². The standard InChI is InChI=1S/C11H17NO8/c1-11-8(6-17-10(11)7(13)5-18-11)20-9(14)3-2-4-19-12(15)16/h7-8,10,13H,2-6H2,1H3/t7-,8-,10-,11-/m1/s1. The number of hydrogen-bond donors (Lipinski definition) is 1. The van der Waals surface area contributed by atoms with Gasteiger partial charge in [0, 0.05) is 6.42 Å². The number of hydrogen-bond acceptors (Lipinski definition) is 8. The van der Waals surface area contributed by atoms with Crippen molar-refractivity contribution in [2.75, 3.05) is 19.8 Å². The third-order valence-electron chi connectivity index (χ3n) is 3.54. The van der Waals surface area contributed by atoms with Gasteiger partial charge in [0.05, 0.1) is 19.8 Å². The molecule has 4 atom stereocenters. The number of carbonyl (C=O) groups is 1. The fourth-order valence-corrected chi connectivity index (χ4v) is 2.45. The lowest BCUT2D eigenvalue weighted by Crippen LogP contribution is -2.46. The fourth-order valence-electron chi connectivity index (χ4n) is 2.45. The lowest BCUT2D eigenvalue weighted by atomic mass is 9.94. The van der Waals surface area contributed by atoms with Gasteiger partial charge < -0.3 is 24.2 Å². The van der Waals surface area contributed by atoms with Gasteiger partial charge in [-0.3, -0.25) is 4.79 Å². The molecule has 0 aromatic rings. The van der Waals surface area contributed by atoms with E-state index in [1.807, 2.05) is 0 Å². The fraction of sp³-hybridized carbons (Fsp3) is 0.909. The molecular weight excluding hydrogens is 274 g/mol. The Balaban J connectivity index is 1.76. The molecule has 114 valence electrons. The molecule has 9 heteroatoms. The summed E-state index contributed by atoms with van der Waals surface area (Å²) >= 11 is 0. The zero-order chi connectivity index (χ0) is 14.8. The number of ether oxygens (including phenoxy) is 3. The molecule has 2 heterocycles. The van der Waals surface area contributed by atoms with Gasteiger partial charge in [-0.05, 0) is 13.3 Å². The number of nitrogens with zero attached hydrogens (tertiary/aromatic N) is 1. The topological polar surface area (TPSA) is 117 Å². The van der Waals surface area contributed by atoms with Crippen LogP contribution in [-0.2, 0) is 23.8 Å². The highest BCUT2D eigenvalue weighted by molar-refractivity contribution is 5.69. The minimum Gasteiger partial charge on any atom is -0.457 e.